The van der Waals surface area contributed by atoms with E-state index in [-0.39, 0.29) is 17.7 Å². The van der Waals surface area contributed by atoms with E-state index in [1.165, 1.54) is 0 Å². The Hall–Kier alpha value is -0.920. The van der Waals surface area contributed by atoms with Crippen LogP contribution in [0.4, 0.5) is 0 Å². The highest BCUT2D eigenvalue weighted by molar-refractivity contribution is 9.10. The second-order valence-electron chi connectivity index (χ2n) is 4.55. The summed E-state index contributed by atoms with van der Waals surface area (Å²) < 4.78 is 25.1. The summed E-state index contributed by atoms with van der Waals surface area (Å²) in [6.45, 7) is 2.19. The molecular formula is C12H15BrN2O3S. The molecule has 1 aromatic rings. The molecule has 1 aromatic carbocycles. The molecule has 104 valence electrons. The van der Waals surface area contributed by atoms with Crippen molar-refractivity contribution in [2.75, 3.05) is 12.3 Å². The van der Waals surface area contributed by atoms with Crippen molar-refractivity contribution >= 4 is 31.7 Å². The van der Waals surface area contributed by atoms with E-state index in [9.17, 15) is 13.2 Å². The van der Waals surface area contributed by atoms with Gasteiger partial charge in [-0.2, -0.15) is 0 Å². The number of nitrogens with zero attached hydrogens (tertiary/aromatic N) is 1. The minimum atomic E-state index is -3.32. The van der Waals surface area contributed by atoms with Gasteiger partial charge in [0.15, 0.2) is 9.84 Å². The Morgan fingerprint density at radius 1 is 1.37 bits per heavy atom. The first-order valence-corrected chi connectivity index (χ1v) is 8.37. The van der Waals surface area contributed by atoms with E-state index in [0.717, 1.165) is 4.47 Å². The maximum absolute atomic E-state index is 12.1. The molecule has 1 amide bonds. The Balaban J connectivity index is 2.02. The van der Waals surface area contributed by atoms with Crippen LogP contribution in [0.15, 0.2) is 33.6 Å². The Labute approximate surface area is 121 Å². The maximum Gasteiger partial charge on any atom is 0.235 e. The van der Waals surface area contributed by atoms with Gasteiger partial charge in [0.25, 0.3) is 0 Å². The van der Waals surface area contributed by atoms with E-state index in [0.29, 0.717) is 17.9 Å². The number of carbonyl (C=O) groups excluding carboxylic acids is 1. The van der Waals surface area contributed by atoms with Gasteiger partial charge >= 0.3 is 0 Å². The van der Waals surface area contributed by atoms with Crippen molar-refractivity contribution in [1.82, 2.24) is 10.4 Å². The number of nitrogens with one attached hydrogen (secondary N) is 1. The lowest BCUT2D eigenvalue weighted by atomic mass is 10.2. The summed E-state index contributed by atoms with van der Waals surface area (Å²) in [5.41, 5.74) is 2.66. The smallest absolute Gasteiger partial charge is 0.235 e. The van der Waals surface area contributed by atoms with Crippen LogP contribution in [-0.2, 0) is 14.6 Å². The topological polar surface area (TPSA) is 66.5 Å². The third-order valence-corrected chi connectivity index (χ3v) is 5.29. The van der Waals surface area contributed by atoms with Crippen LogP contribution in [0, 0.1) is 0 Å². The number of hydrazine groups is 1. The molecule has 0 saturated carbocycles. The molecular weight excluding hydrogens is 332 g/mol. The van der Waals surface area contributed by atoms with Gasteiger partial charge in [0.1, 0.15) is 0 Å². The molecule has 0 spiro atoms. The quantitative estimate of drug-likeness (QED) is 0.893. The molecule has 0 radical (unpaired) electrons. The molecule has 0 aliphatic carbocycles. The summed E-state index contributed by atoms with van der Waals surface area (Å²) >= 11 is 3.27. The summed E-state index contributed by atoms with van der Waals surface area (Å²) in [7, 11) is -3.32. The first-order valence-electron chi connectivity index (χ1n) is 5.93. The molecule has 0 aromatic heterocycles. The highest BCUT2D eigenvalue weighted by Crippen LogP contribution is 2.17. The molecule has 1 N–H and O–H groups in total. The number of carbonyl (C=O) groups is 1. The lowest BCUT2D eigenvalue weighted by Gasteiger charge is -2.19. The van der Waals surface area contributed by atoms with Crippen LogP contribution in [0.2, 0.25) is 0 Å². The van der Waals surface area contributed by atoms with Crippen molar-refractivity contribution in [2.24, 2.45) is 0 Å². The number of benzene rings is 1. The van der Waals surface area contributed by atoms with E-state index in [2.05, 4.69) is 21.4 Å². The number of sulfone groups is 1. The highest BCUT2D eigenvalue weighted by Gasteiger charge is 2.27. The lowest BCUT2D eigenvalue weighted by Crippen LogP contribution is -2.40. The molecule has 7 heteroatoms. The third-order valence-electron chi connectivity index (χ3n) is 3.05. The molecule has 2 rings (SSSR count). The van der Waals surface area contributed by atoms with E-state index >= 15 is 0 Å². The number of amides is 1. The number of hydrogen-bond donors (Lipinski definition) is 1. The van der Waals surface area contributed by atoms with Gasteiger partial charge in [0.05, 0.1) is 10.6 Å². The highest BCUT2D eigenvalue weighted by atomic mass is 79.9. The first kappa shape index (κ1) is 14.5. The van der Waals surface area contributed by atoms with Crippen LogP contribution in [0.5, 0.6) is 0 Å². The van der Waals surface area contributed by atoms with Gasteiger partial charge in [-0.25, -0.2) is 13.4 Å². The zero-order valence-corrected chi connectivity index (χ0v) is 12.9. The molecule has 5 nitrogen and oxygen atoms in total. The van der Waals surface area contributed by atoms with Crippen LogP contribution in [-0.4, -0.2) is 37.7 Å². The summed E-state index contributed by atoms with van der Waals surface area (Å²) in [5, 5.41) is 1.68. The Bertz CT molecular complexity index is 571. The van der Waals surface area contributed by atoms with Gasteiger partial charge < -0.3 is 0 Å². The van der Waals surface area contributed by atoms with Gasteiger partial charge in [-0.3, -0.25) is 10.2 Å². The fraction of sp³-hybridized carbons (Fsp3) is 0.417. The van der Waals surface area contributed by atoms with E-state index in [4.69, 9.17) is 0 Å². The van der Waals surface area contributed by atoms with Gasteiger partial charge in [-0.15, -0.1) is 0 Å². The monoisotopic (exact) mass is 346 g/mol. The normalized spacial score (nSPS) is 20.5. The number of hydrogen-bond acceptors (Lipinski definition) is 4. The second-order valence-corrected chi connectivity index (χ2v) is 7.58. The molecule has 1 fully saturated rings. The van der Waals surface area contributed by atoms with Crippen molar-refractivity contribution in [2.45, 2.75) is 24.3 Å². The van der Waals surface area contributed by atoms with Crippen molar-refractivity contribution < 1.29 is 13.2 Å². The van der Waals surface area contributed by atoms with Crippen molar-refractivity contribution in [3.8, 4) is 0 Å². The Morgan fingerprint density at radius 3 is 2.53 bits per heavy atom. The van der Waals surface area contributed by atoms with E-state index in [1.54, 1.807) is 29.3 Å². The van der Waals surface area contributed by atoms with Crippen LogP contribution >= 0.6 is 15.9 Å². The summed E-state index contributed by atoms with van der Waals surface area (Å²) in [4.78, 5) is 11.5. The van der Waals surface area contributed by atoms with E-state index in [1.807, 2.05) is 6.92 Å². The van der Waals surface area contributed by atoms with Crippen LogP contribution in [0.1, 0.15) is 13.3 Å². The average molecular weight is 347 g/mol. The molecule has 1 aliphatic heterocycles. The van der Waals surface area contributed by atoms with Crippen molar-refractivity contribution in [3.05, 3.63) is 28.7 Å². The largest absolute Gasteiger partial charge is 0.289 e. The van der Waals surface area contributed by atoms with Gasteiger partial charge in [-0.05, 0) is 31.2 Å². The van der Waals surface area contributed by atoms with Gasteiger partial charge in [0.2, 0.25) is 5.91 Å². The summed E-state index contributed by atoms with van der Waals surface area (Å²) in [6.07, 6.45) is 0.415. The zero-order valence-electron chi connectivity index (χ0n) is 10.5. The van der Waals surface area contributed by atoms with Crippen LogP contribution in [0.3, 0.4) is 0 Å². The molecule has 1 aliphatic rings. The predicted octanol–water partition coefficient (Wildman–Crippen LogP) is 1.35. The maximum atomic E-state index is 12.1. The zero-order chi connectivity index (χ0) is 14.0. The molecule has 1 saturated heterocycles. The number of halogens is 1. The minimum absolute atomic E-state index is 0.0146. The fourth-order valence-electron chi connectivity index (χ4n) is 1.95. The molecule has 1 unspecified atom stereocenters. The fourth-order valence-corrected chi connectivity index (χ4v) is 3.44. The molecule has 19 heavy (non-hydrogen) atoms. The summed E-state index contributed by atoms with van der Waals surface area (Å²) in [6, 6.07) is 6.59. The second kappa shape index (κ2) is 5.60. The predicted molar refractivity (Wildman–Crippen MR) is 75.1 cm³/mol. The van der Waals surface area contributed by atoms with Crippen LogP contribution in [0.25, 0.3) is 0 Å². The minimum Gasteiger partial charge on any atom is -0.289 e. The van der Waals surface area contributed by atoms with Gasteiger partial charge in [0, 0.05) is 23.5 Å². The Kier molecular flexibility index (Phi) is 4.27. The summed E-state index contributed by atoms with van der Waals surface area (Å²) in [5.74, 6) is -0.0762. The molecule has 1 heterocycles. The molecule has 0 bridgehead atoms. The van der Waals surface area contributed by atoms with Crippen LogP contribution < -0.4 is 5.43 Å². The third kappa shape index (κ3) is 3.55. The Morgan fingerprint density at radius 2 is 2.00 bits per heavy atom. The number of rotatable bonds is 4. The average Bonchev–Trinajstić information content (AvgIpc) is 2.66. The molecule has 1 atom stereocenters. The SMILES string of the molecule is CC1CC(=O)NN1CCS(=O)(=O)c1ccc(Br)cc1. The first-order chi connectivity index (χ1) is 8.88. The van der Waals surface area contributed by atoms with Crippen molar-refractivity contribution in [1.29, 1.82) is 0 Å². The van der Waals surface area contributed by atoms with Gasteiger partial charge in [-0.1, -0.05) is 15.9 Å². The standard InChI is InChI=1S/C12H15BrN2O3S/c1-9-8-12(16)14-15(9)6-7-19(17,18)11-4-2-10(13)3-5-11/h2-5,9H,6-8H2,1H3,(H,14,16). The van der Waals surface area contributed by atoms with E-state index < -0.39 is 9.84 Å². The van der Waals surface area contributed by atoms with Crippen molar-refractivity contribution in [3.63, 3.8) is 0 Å². The lowest BCUT2D eigenvalue weighted by molar-refractivity contribution is -0.120.